The maximum atomic E-state index is 5.34. The summed E-state index contributed by atoms with van der Waals surface area (Å²) in [7, 11) is 0. The van der Waals surface area contributed by atoms with Crippen LogP contribution in [-0.4, -0.2) is 36.2 Å². The fourth-order valence-electron chi connectivity index (χ4n) is 0.880. The molecule has 0 bridgehead atoms. The van der Waals surface area contributed by atoms with Crippen LogP contribution in [0.1, 0.15) is 0 Å². The average Bonchev–Trinajstić information content (AvgIpc) is 2.18. The Morgan fingerprint density at radius 3 is 2.80 bits per heavy atom. The first kappa shape index (κ1) is 9.61. The Hall–Kier alpha value is -0.390. The van der Waals surface area contributed by atoms with E-state index >= 15 is 0 Å². The van der Waals surface area contributed by atoms with Crippen molar-refractivity contribution in [3.05, 3.63) is 0 Å². The topological polar surface area (TPSA) is 76.3 Å². The van der Waals surface area contributed by atoms with Crippen LogP contribution in [0, 0.1) is 0 Å². The van der Waals surface area contributed by atoms with E-state index in [1.54, 1.807) is 0 Å². The van der Waals surface area contributed by atoms with Gasteiger partial charge in [-0.3, -0.25) is 0 Å². The zero-order valence-electron chi connectivity index (χ0n) is 5.97. The van der Waals surface area contributed by atoms with E-state index in [4.69, 9.17) is 18.0 Å². The smallest absolute Gasteiger partial charge is 0.169 e. The van der Waals surface area contributed by atoms with E-state index in [9.17, 15) is 0 Å². The normalized spacial score (nSPS) is 16.5. The zero-order chi connectivity index (χ0) is 6.69. The van der Waals surface area contributed by atoms with E-state index < -0.39 is 0 Å². The molecule has 0 aromatic heterocycles. The third-order valence-corrected chi connectivity index (χ3v) is 1.75. The van der Waals surface area contributed by atoms with Crippen molar-refractivity contribution in [1.29, 1.82) is 0 Å². The van der Waals surface area contributed by atoms with Gasteiger partial charge in [-0.2, -0.15) is 0 Å². The first-order chi connectivity index (χ1) is 4.34. The molecule has 1 saturated heterocycles. The van der Waals surface area contributed by atoms with Gasteiger partial charge in [0.15, 0.2) is 5.11 Å². The molecule has 4 nitrogen and oxygen atoms in total. The van der Waals surface area contributed by atoms with Gasteiger partial charge in [0.2, 0.25) is 0 Å². The van der Waals surface area contributed by atoms with Gasteiger partial charge in [0.25, 0.3) is 0 Å². The minimum absolute atomic E-state index is 0. The molecule has 0 aromatic carbocycles. The summed E-state index contributed by atoms with van der Waals surface area (Å²) in [5.41, 5.74) is 5.34. The largest absolute Gasteiger partial charge is 0.361 e. The van der Waals surface area contributed by atoms with E-state index in [-0.39, 0.29) is 6.15 Å². The lowest BCUT2D eigenvalue weighted by atomic mass is 10.5. The number of nitrogens with zero attached hydrogens (tertiary/aromatic N) is 1. The molecule has 0 aliphatic carbocycles. The van der Waals surface area contributed by atoms with Crippen molar-refractivity contribution in [2.45, 2.75) is 0 Å². The van der Waals surface area contributed by atoms with Crippen LogP contribution in [0.25, 0.3) is 0 Å². The molecule has 0 spiro atoms. The lowest BCUT2D eigenvalue weighted by molar-refractivity contribution is 0.479. The van der Waals surface area contributed by atoms with Crippen LogP contribution in [0.5, 0.6) is 0 Å². The van der Waals surface area contributed by atoms with Crippen LogP contribution in [0.15, 0.2) is 0 Å². The molecule has 0 atom stereocenters. The standard InChI is InChI=1S/C5H11N3S.H3N/c6-1-3-8-4-2-7-5(8)9;/h1-4,6H2,(H,7,9);1H3. The monoisotopic (exact) mass is 162 g/mol. The molecule has 1 rings (SSSR count). The van der Waals surface area contributed by atoms with Gasteiger partial charge in [-0.25, -0.2) is 0 Å². The van der Waals surface area contributed by atoms with Gasteiger partial charge >= 0.3 is 0 Å². The molecule has 1 aliphatic rings. The summed E-state index contributed by atoms with van der Waals surface area (Å²) in [6.45, 7) is 3.54. The first-order valence-electron chi connectivity index (χ1n) is 3.07. The zero-order valence-corrected chi connectivity index (χ0v) is 6.78. The Balaban J connectivity index is 0.000000810. The molecule has 0 unspecified atom stereocenters. The van der Waals surface area contributed by atoms with E-state index in [0.717, 1.165) is 24.7 Å². The third-order valence-electron chi connectivity index (χ3n) is 1.34. The first-order valence-corrected chi connectivity index (χ1v) is 3.48. The number of thiocarbonyl (C=S) groups is 1. The second-order valence-corrected chi connectivity index (χ2v) is 2.39. The fraction of sp³-hybridized carbons (Fsp3) is 0.800. The summed E-state index contributed by atoms with van der Waals surface area (Å²) in [6.07, 6.45) is 0. The van der Waals surface area contributed by atoms with Crippen LogP contribution in [0.4, 0.5) is 0 Å². The van der Waals surface area contributed by atoms with Crippen LogP contribution in [-0.2, 0) is 0 Å². The number of nitrogens with two attached hydrogens (primary N) is 1. The number of nitrogens with one attached hydrogen (secondary N) is 1. The molecule has 60 valence electrons. The van der Waals surface area contributed by atoms with Crippen molar-refractivity contribution < 1.29 is 0 Å². The molecule has 1 aliphatic heterocycles. The number of rotatable bonds is 2. The van der Waals surface area contributed by atoms with E-state index in [0.29, 0.717) is 6.54 Å². The Kier molecular flexibility index (Phi) is 4.26. The van der Waals surface area contributed by atoms with Crippen molar-refractivity contribution in [2.24, 2.45) is 5.73 Å². The Morgan fingerprint density at radius 2 is 2.40 bits per heavy atom. The van der Waals surface area contributed by atoms with Crippen molar-refractivity contribution >= 4 is 17.3 Å². The third kappa shape index (κ3) is 2.09. The summed E-state index contributed by atoms with van der Waals surface area (Å²) in [4.78, 5) is 2.08. The average molecular weight is 162 g/mol. The molecule has 1 heterocycles. The molecule has 0 amide bonds. The molecule has 1 fully saturated rings. The highest BCUT2D eigenvalue weighted by Crippen LogP contribution is 1.93. The highest BCUT2D eigenvalue weighted by Gasteiger charge is 2.13. The molecule has 5 heteroatoms. The summed E-state index contributed by atoms with van der Waals surface area (Å²) < 4.78 is 0. The van der Waals surface area contributed by atoms with Gasteiger partial charge in [0, 0.05) is 26.2 Å². The molecule has 10 heavy (non-hydrogen) atoms. The lowest BCUT2D eigenvalue weighted by Crippen LogP contribution is -2.32. The van der Waals surface area contributed by atoms with E-state index in [2.05, 4.69) is 10.2 Å². The van der Waals surface area contributed by atoms with Crippen molar-refractivity contribution in [2.75, 3.05) is 26.2 Å². The van der Waals surface area contributed by atoms with E-state index in [1.807, 2.05) is 0 Å². The predicted octanol–water partition coefficient (Wildman–Crippen LogP) is -0.703. The molecule has 0 radical (unpaired) electrons. The minimum atomic E-state index is 0. The molecular formula is C5H14N4S. The quantitative estimate of drug-likeness (QED) is 0.468. The highest BCUT2D eigenvalue weighted by molar-refractivity contribution is 7.80. The van der Waals surface area contributed by atoms with Gasteiger partial charge in [-0.05, 0) is 12.2 Å². The summed E-state index contributed by atoms with van der Waals surface area (Å²) in [5.74, 6) is 0. The van der Waals surface area contributed by atoms with Crippen LogP contribution in [0.2, 0.25) is 0 Å². The maximum Gasteiger partial charge on any atom is 0.169 e. The SMILES string of the molecule is N.NCCN1CCNC1=S. The van der Waals surface area contributed by atoms with Gasteiger partial charge < -0.3 is 22.1 Å². The predicted molar refractivity (Wildman–Crippen MR) is 46.3 cm³/mol. The van der Waals surface area contributed by atoms with Gasteiger partial charge in [-0.1, -0.05) is 0 Å². The molecule has 6 N–H and O–H groups in total. The van der Waals surface area contributed by atoms with Crippen LogP contribution < -0.4 is 17.2 Å². The summed E-state index contributed by atoms with van der Waals surface area (Å²) in [5, 5.41) is 3.90. The minimum Gasteiger partial charge on any atom is -0.361 e. The molecule has 0 saturated carbocycles. The molecule has 0 aromatic rings. The maximum absolute atomic E-state index is 5.34. The van der Waals surface area contributed by atoms with Crippen LogP contribution in [0.3, 0.4) is 0 Å². The van der Waals surface area contributed by atoms with Crippen molar-refractivity contribution in [3.8, 4) is 0 Å². The van der Waals surface area contributed by atoms with Crippen molar-refractivity contribution in [1.82, 2.24) is 16.4 Å². The second-order valence-electron chi connectivity index (χ2n) is 2.01. The number of hydrogen-bond donors (Lipinski definition) is 3. The van der Waals surface area contributed by atoms with Gasteiger partial charge in [0.1, 0.15) is 0 Å². The van der Waals surface area contributed by atoms with Gasteiger partial charge in [0.05, 0.1) is 0 Å². The Bertz CT molecular complexity index is 116. The summed E-state index contributed by atoms with van der Waals surface area (Å²) in [6, 6.07) is 0. The van der Waals surface area contributed by atoms with Crippen LogP contribution >= 0.6 is 12.2 Å². The molecular weight excluding hydrogens is 148 g/mol. The number of hydrogen-bond acceptors (Lipinski definition) is 3. The fourth-order valence-corrected chi connectivity index (χ4v) is 1.16. The summed E-state index contributed by atoms with van der Waals surface area (Å²) >= 11 is 4.97. The Morgan fingerprint density at radius 1 is 1.70 bits per heavy atom. The Labute approximate surface area is 66.3 Å². The second kappa shape index (κ2) is 4.43. The highest BCUT2D eigenvalue weighted by atomic mass is 32.1. The van der Waals surface area contributed by atoms with Crippen molar-refractivity contribution in [3.63, 3.8) is 0 Å². The van der Waals surface area contributed by atoms with Gasteiger partial charge in [-0.15, -0.1) is 0 Å². The van der Waals surface area contributed by atoms with E-state index in [1.165, 1.54) is 0 Å². The lowest BCUT2D eigenvalue weighted by Gasteiger charge is -2.13.